The normalized spacial score (nSPS) is 13.3. The van der Waals surface area contributed by atoms with Crippen molar-refractivity contribution in [2.24, 2.45) is 0 Å². The van der Waals surface area contributed by atoms with Gasteiger partial charge in [-0.1, -0.05) is 23.7 Å². The van der Waals surface area contributed by atoms with Crippen molar-refractivity contribution in [2.45, 2.75) is 0 Å². The Morgan fingerprint density at radius 2 is 1.61 bits per heavy atom. The zero-order valence-corrected chi connectivity index (χ0v) is 18.8. The first-order valence-corrected chi connectivity index (χ1v) is 10.2. The largest absolute Gasteiger partial charge is 0.496 e. The molecule has 4 rings (SSSR count). The Morgan fingerprint density at radius 1 is 0.909 bits per heavy atom. The van der Waals surface area contributed by atoms with E-state index in [0.29, 0.717) is 28.4 Å². The number of ketones is 1. The summed E-state index contributed by atoms with van der Waals surface area (Å²) in [5.41, 5.74) is 1.15. The van der Waals surface area contributed by atoms with E-state index in [4.69, 9.17) is 35.3 Å². The molecule has 3 aromatic carbocycles. The van der Waals surface area contributed by atoms with Crippen LogP contribution >= 0.6 is 11.6 Å². The second-order valence-electron chi connectivity index (χ2n) is 6.92. The van der Waals surface area contributed by atoms with Crippen molar-refractivity contribution in [3.8, 4) is 28.7 Å². The van der Waals surface area contributed by atoms with Crippen molar-refractivity contribution in [1.29, 1.82) is 0 Å². The molecule has 0 saturated carbocycles. The predicted octanol–water partition coefficient (Wildman–Crippen LogP) is 5.20. The summed E-state index contributed by atoms with van der Waals surface area (Å²) in [5.74, 6) is 1.09. The molecule has 0 spiro atoms. The van der Waals surface area contributed by atoms with E-state index < -0.39 is 5.97 Å². The number of carbonyl (C=O) groups excluding carboxylic acids is 2. The van der Waals surface area contributed by atoms with Crippen molar-refractivity contribution < 1.29 is 33.3 Å². The molecule has 0 fully saturated rings. The van der Waals surface area contributed by atoms with Gasteiger partial charge in [0.25, 0.3) is 0 Å². The van der Waals surface area contributed by atoms with E-state index in [1.807, 2.05) is 0 Å². The Kier molecular flexibility index (Phi) is 6.24. The molecule has 0 N–H and O–H groups in total. The third-order valence-corrected chi connectivity index (χ3v) is 5.30. The number of allylic oxidation sites excluding steroid dienone is 1. The summed E-state index contributed by atoms with van der Waals surface area (Å²) in [4.78, 5) is 25.3. The van der Waals surface area contributed by atoms with Crippen LogP contribution in [0.1, 0.15) is 26.3 Å². The summed E-state index contributed by atoms with van der Waals surface area (Å²) in [6.45, 7) is 0. The first-order valence-electron chi connectivity index (χ1n) is 9.80. The number of halogens is 1. The van der Waals surface area contributed by atoms with Crippen molar-refractivity contribution >= 4 is 29.4 Å². The minimum atomic E-state index is -0.615. The molecule has 0 saturated heterocycles. The average molecular weight is 467 g/mol. The molecule has 0 radical (unpaired) electrons. The lowest BCUT2D eigenvalue weighted by atomic mass is 10.1. The van der Waals surface area contributed by atoms with Crippen molar-refractivity contribution in [3.63, 3.8) is 0 Å². The van der Waals surface area contributed by atoms with Crippen LogP contribution in [0.2, 0.25) is 5.02 Å². The minimum absolute atomic E-state index is 0.0881. The van der Waals surface area contributed by atoms with Crippen LogP contribution in [0.5, 0.6) is 28.7 Å². The molecule has 33 heavy (non-hydrogen) atoms. The molecule has 0 aliphatic carbocycles. The lowest BCUT2D eigenvalue weighted by Gasteiger charge is -2.12. The fraction of sp³-hybridized carbons (Fsp3) is 0.120. The van der Waals surface area contributed by atoms with Gasteiger partial charge in [-0.15, -0.1) is 0 Å². The highest BCUT2D eigenvalue weighted by molar-refractivity contribution is 6.33. The van der Waals surface area contributed by atoms with Crippen molar-refractivity contribution in [2.75, 3.05) is 21.3 Å². The first kappa shape index (κ1) is 22.2. The predicted molar refractivity (Wildman–Crippen MR) is 122 cm³/mol. The fourth-order valence-corrected chi connectivity index (χ4v) is 3.54. The standard InChI is InChI=1S/C25H19ClO7/c1-29-19-13-22(31-3)21(30-2)10-14(19)11-23-24(27)17-9-8-15(12-20(17)33-23)32-25(28)16-6-4-5-7-18(16)26/h4-13H,1-3H3. The van der Waals surface area contributed by atoms with Crippen LogP contribution in [0.15, 0.2) is 60.4 Å². The average Bonchev–Trinajstić information content (AvgIpc) is 3.13. The molecular formula is C25H19ClO7. The monoisotopic (exact) mass is 466 g/mol. The van der Waals surface area contributed by atoms with Gasteiger partial charge in [-0.25, -0.2) is 4.79 Å². The Hall–Kier alpha value is -3.97. The Bertz CT molecular complexity index is 1280. The number of hydrogen-bond donors (Lipinski definition) is 0. The van der Waals surface area contributed by atoms with E-state index in [1.54, 1.807) is 48.5 Å². The number of carbonyl (C=O) groups is 2. The van der Waals surface area contributed by atoms with Crippen LogP contribution in [-0.2, 0) is 0 Å². The molecule has 0 amide bonds. The van der Waals surface area contributed by atoms with Crippen LogP contribution in [0.3, 0.4) is 0 Å². The lowest BCUT2D eigenvalue weighted by Crippen LogP contribution is -2.09. The molecule has 0 bridgehead atoms. The molecule has 7 nitrogen and oxygen atoms in total. The van der Waals surface area contributed by atoms with Gasteiger partial charge in [0, 0.05) is 17.7 Å². The van der Waals surface area contributed by atoms with Gasteiger partial charge in [-0.05, 0) is 36.4 Å². The molecule has 1 heterocycles. The number of esters is 1. The molecule has 3 aromatic rings. The number of ether oxygens (including phenoxy) is 5. The van der Waals surface area contributed by atoms with Gasteiger partial charge in [0.05, 0.1) is 37.5 Å². The maximum Gasteiger partial charge on any atom is 0.345 e. The summed E-state index contributed by atoms with van der Waals surface area (Å²) < 4.78 is 27.2. The highest BCUT2D eigenvalue weighted by Crippen LogP contribution is 2.39. The van der Waals surface area contributed by atoms with Crippen LogP contribution in [-0.4, -0.2) is 33.1 Å². The SMILES string of the molecule is COc1cc(OC)c(OC)cc1C=C1Oc2cc(OC(=O)c3ccccc3Cl)ccc2C1=O. The van der Waals surface area contributed by atoms with E-state index >= 15 is 0 Å². The van der Waals surface area contributed by atoms with Crippen LogP contribution < -0.4 is 23.7 Å². The summed E-state index contributed by atoms with van der Waals surface area (Å²) in [5, 5.41) is 0.282. The van der Waals surface area contributed by atoms with Crippen LogP contribution in [0.4, 0.5) is 0 Å². The zero-order chi connectivity index (χ0) is 23.5. The summed E-state index contributed by atoms with van der Waals surface area (Å²) in [6.07, 6.45) is 1.55. The topological polar surface area (TPSA) is 80.3 Å². The van der Waals surface area contributed by atoms with Crippen molar-refractivity contribution in [1.82, 2.24) is 0 Å². The molecular weight excluding hydrogens is 448 g/mol. The molecule has 0 aromatic heterocycles. The van der Waals surface area contributed by atoms with Gasteiger partial charge >= 0.3 is 5.97 Å². The third kappa shape index (κ3) is 4.36. The number of methoxy groups -OCH3 is 3. The smallest absolute Gasteiger partial charge is 0.345 e. The van der Waals surface area contributed by atoms with E-state index in [0.717, 1.165) is 0 Å². The number of rotatable bonds is 6. The number of benzene rings is 3. The first-order chi connectivity index (χ1) is 15.9. The van der Waals surface area contributed by atoms with Gasteiger partial charge < -0.3 is 23.7 Å². The third-order valence-electron chi connectivity index (χ3n) is 4.97. The lowest BCUT2D eigenvalue weighted by molar-refractivity contribution is 0.0734. The van der Waals surface area contributed by atoms with Gasteiger partial charge in [-0.3, -0.25) is 4.79 Å². The number of fused-ring (bicyclic) bond motifs is 1. The molecule has 0 atom stereocenters. The second kappa shape index (κ2) is 9.26. The van der Waals surface area contributed by atoms with E-state index in [-0.39, 0.29) is 33.6 Å². The van der Waals surface area contributed by atoms with Gasteiger partial charge in [0.15, 0.2) is 17.3 Å². The van der Waals surface area contributed by atoms with Gasteiger partial charge in [0.2, 0.25) is 5.78 Å². The Morgan fingerprint density at radius 3 is 2.30 bits per heavy atom. The summed E-state index contributed by atoms with van der Waals surface area (Å²) in [7, 11) is 4.54. The molecule has 1 aliphatic rings. The Balaban J connectivity index is 1.61. The van der Waals surface area contributed by atoms with Crippen LogP contribution in [0.25, 0.3) is 6.08 Å². The minimum Gasteiger partial charge on any atom is -0.496 e. The van der Waals surface area contributed by atoms with E-state index in [1.165, 1.54) is 33.5 Å². The number of Topliss-reactive ketones (excluding diaryl/α,β-unsaturated/α-hetero) is 1. The molecule has 1 aliphatic heterocycles. The van der Waals surface area contributed by atoms with Gasteiger partial charge in [0.1, 0.15) is 17.2 Å². The highest BCUT2D eigenvalue weighted by atomic mass is 35.5. The van der Waals surface area contributed by atoms with E-state index in [9.17, 15) is 9.59 Å². The fourth-order valence-electron chi connectivity index (χ4n) is 3.33. The Labute approximate surface area is 195 Å². The molecule has 0 unspecified atom stereocenters. The summed E-state index contributed by atoms with van der Waals surface area (Å²) >= 11 is 6.06. The van der Waals surface area contributed by atoms with Gasteiger partial charge in [-0.2, -0.15) is 0 Å². The molecule has 168 valence electrons. The maximum absolute atomic E-state index is 12.9. The summed E-state index contributed by atoms with van der Waals surface area (Å²) in [6, 6.07) is 14.5. The van der Waals surface area contributed by atoms with Crippen LogP contribution in [0, 0.1) is 0 Å². The van der Waals surface area contributed by atoms with Crippen molar-refractivity contribution in [3.05, 3.63) is 82.1 Å². The molecule has 8 heteroatoms. The number of hydrogen-bond acceptors (Lipinski definition) is 7. The second-order valence-corrected chi connectivity index (χ2v) is 7.32. The van der Waals surface area contributed by atoms with E-state index in [2.05, 4.69) is 0 Å². The zero-order valence-electron chi connectivity index (χ0n) is 18.0. The maximum atomic E-state index is 12.9. The quantitative estimate of drug-likeness (QED) is 0.280. The highest BCUT2D eigenvalue weighted by Gasteiger charge is 2.29.